The maximum absolute atomic E-state index is 11.9. The summed E-state index contributed by atoms with van der Waals surface area (Å²) in [7, 11) is -0.804. The van der Waals surface area contributed by atoms with Crippen molar-refractivity contribution in [2.24, 2.45) is 0 Å². The van der Waals surface area contributed by atoms with Crippen molar-refractivity contribution in [2.45, 2.75) is 37.9 Å². The Morgan fingerprint density at radius 1 is 1.29 bits per heavy atom. The van der Waals surface area contributed by atoms with Gasteiger partial charge in [-0.25, -0.2) is 8.42 Å². The van der Waals surface area contributed by atoms with Crippen LogP contribution in [0.5, 0.6) is 0 Å². The van der Waals surface area contributed by atoms with Crippen LogP contribution in [0.4, 0.5) is 0 Å². The van der Waals surface area contributed by atoms with E-state index in [9.17, 15) is 8.42 Å². The molecule has 1 saturated heterocycles. The maximum Gasteiger partial charge on any atom is 0.154 e. The first kappa shape index (κ1) is 14.9. The highest BCUT2D eigenvalue weighted by Gasteiger charge is 2.29. The third-order valence-electron chi connectivity index (χ3n) is 3.33. The summed E-state index contributed by atoms with van der Waals surface area (Å²) in [5.41, 5.74) is 0. The van der Waals surface area contributed by atoms with Crippen LogP contribution in [0.2, 0.25) is 0 Å². The summed E-state index contributed by atoms with van der Waals surface area (Å²) >= 11 is 0. The van der Waals surface area contributed by atoms with Crippen molar-refractivity contribution in [3.8, 4) is 0 Å². The molecule has 0 aliphatic carbocycles. The molecule has 0 saturated carbocycles. The molecule has 102 valence electrons. The molecule has 0 spiro atoms. The first-order chi connectivity index (χ1) is 8.06. The Morgan fingerprint density at radius 2 is 2.06 bits per heavy atom. The summed E-state index contributed by atoms with van der Waals surface area (Å²) < 4.78 is 23.7. The van der Waals surface area contributed by atoms with Crippen LogP contribution in [-0.2, 0) is 9.84 Å². The SMILES string of the molecule is CCCNCCN(C)CC1CCCCS1(=O)=O. The van der Waals surface area contributed by atoms with Gasteiger partial charge in [-0.2, -0.15) is 0 Å². The van der Waals surface area contributed by atoms with Crippen molar-refractivity contribution in [3.05, 3.63) is 0 Å². The van der Waals surface area contributed by atoms with Gasteiger partial charge in [0.05, 0.1) is 11.0 Å². The second-order valence-electron chi connectivity index (χ2n) is 5.00. The molecule has 0 aromatic heterocycles. The topological polar surface area (TPSA) is 49.4 Å². The molecule has 1 heterocycles. The summed E-state index contributed by atoms with van der Waals surface area (Å²) in [5.74, 6) is 0.388. The van der Waals surface area contributed by atoms with E-state index in [1.165, 1.54) is 0 Å². The molecular weight excluding hydrogens is 236 g/mol. The van der Waals surface area contributed by atoms with Crippen molar-refractivity contribution in [3.63, 3.8) is 0 Å². The second kappa shape index (κ2) is 7.34. The third-order valence-corrected chi connectivity index (χ3v) is 5.58. The maximum atomic E-state index is 11.9. The lowest BCUT2D eigenvalue weighted by Gasteiger charge is -2.27. The van der Waals surface area contributed by atoms with Crippen LogP contribution < -0.4 is 5.32 Å². The summed E-state index contributed by atoms with van der Waals surface area (Å²) in [6.07, 6.45) is 3.89. The molecule has 0 bridgehead atoms. The normalized spacial score (nSPS) is 24.1. The number of likely N-dealkylation sites (N-methyl/N-ethyl adjacent to an activating group) is 1. The molecule has 4 nitrogen and oxygen atoms in total. The average Bonchev–Trinajstić information content (AvgIpc) is 2.27. The number of nitrogens with one attached hydrogen (secondary N) is 1. The van der Waals surface area contributed by atoms with E-state index in [-0.39, 0.29) is 5.25 Å². The minimum atomic E-state index is -2.82. The van der Waals surface area contributed by atoms with Gasteiger partial charge in [0.25, 0.3) is 0 Å². The van der Waals surface area contributed by atoms with Gasteiger partial charge in [0, 0.05) is 19.6 Å². The van der Waals surface area contributed by atoms with Gasteiger partial charge in [0.15, 0.2) is 9.84 Å². The quantitative estimate of drug-likeness (QED) is 0.692. The van der Waals surface area contributed by atoms with Gasteiger partial charge in [-0.15, -0.1) is 0 Å². The number of rotatable bonds is 7. The lowest BCUT2D eigenvalue weighted by molar-refractivity contribution is 0.319. The van der Waals surface area contributed by atoms with Gasteiger partial charge in [-0.3, -0.25) is 0 Å². The molecule has 0 radical (unpaired) electrons. The largest absolute Gasteiger partial charge is 0.315 e. The Labute approximate surface area is 106 Å². The van der Waals surface area contributed by atoms with E-state index >= 15 is 0 Å². The highest BCUT2D eigenvalue weighted by molar-refractivity contribution is 7.92. The van der Waals surface area contributed by atoms with Crippen molar-refractivity contribution in [1.82, 2.24) is 10.2 Å². The summed E-state index contributed by atoms with van der Waals surface area (Å²) in [5, 5.41) is 3.20. The summed E-state index contributed by atoms with van der Waals surface area (Å²) in [6, 6.07) is 0. The molecule has 1 fully saturated rings. The van der Waals surface area contributed by atoms with Crippen molar-refractivity contribution in [2.75, 3.05) is 39.0 Å². The molecule has 1 rings (SSSR count). The number of hydrogen-bond donors (Lipinski definition) is 1. The van der Waals surface area contributed by atoms with Gasteiger partial charge < -0.3 is 10.2 Å². The molecule has 1 atom stereocenters. The van der Waals surface area contributed by atoms with Gasteiger partial charge in [-0.1, -0.05) is 13.3 Å². The molecule has 1 aliphatic rings. The lowest BCUT2D eigenvalue weighted by Crippen LogP contribution is -2.40. The summed E-state index contributed by atoms with van der Waals surface area (Å²) in [4.78, 5) is 2.14. The van der Waals surface area contributed by atoms with Crippen LogP contribution in [0.3, 0.4) is 0 Å². The Bertz CT molecular complexity index is 304. The minimum Gasteiger partial charge on any atom is -0.315 e. The molecule has 5 heteroatoms. The van der Waals surface area contributed by atoms with Gasteiger partial charge >= 0.3 is 0 Å². The molecule has 1 unspecified atom stereocenters. The van der Waals surface area contributed by atoms with E-state index in [1.807, 2.05) is 7.05 Å². The Balaban J connectivity index is 2.27. The van der Waals surface area contributed by atoms with E-state index in [1.54, 1.807) is 0 Å². The molecule has 17 heavy (non-hydrogen) atoms. The van der Waals surface area contributed by atoms with E-state index in [0.717, 1.165) is 45.3 Å². The van der Waals surface area contributed by atoms with Crippen LogP contribution >= 0.6 is 0 Å². The van der Waals surface area contributed by atoms with Crippen molar-refractivity contribution >= 4 is 9.84 Å². The van der Waals surface area contributed by atoms with E-state index in [2.05, 4.69) is 17.1 Å². The van der Waals surface area contributed by atoms with Crippen LogP contribution in [0.25, 0.3) is 0 Å². The zero-order chi connectivity index (χ0) is 12.7. The first-order valence-corrected chi connectivity index (χ1v) is 8.38. The molecule has 0 amide bonds. The van der Waals surface area contributed by atoms with E-state index in [0.29, 0.717) is 12.3 Å². The van der Waals surface area contributed by atoms with Crippen LogP contribution in [0.1, 0.15) is 32.6 Å². The minimum absolute atomic E-state index is 0.132. The molecule has 1 N–H and O–H groups in total. The van der Waals surface area contributed by atoms with Gasteiger partial charge in [0.1, 0.15) is 0 Å². The Morgan fingerprint density at radius 3 is 2.71 bits per heavy atom. The van der Waals surface area contributed by atoms with Gasteiger partial charge in [-0.05, 0) is 32.9 Å². The second-order valence-corrected chi connectivity index (χ2v) is 7.40. The van der Waals surface area contributed by atoms with Crippen LogP contribution in [0.15, 0.2) is 0 Å². The summed E-state index contributed by atoms with van der Waals surface area (Å²) in [6.45, 7) is 5.74. The molecule has 0 aromatic rings. The highest BCUT2D eigenvalue weighted by Crippen LogP contribution is 2.19. The fourth-order valence-corrected chi connectivity index (χ4v) is 4.18. The number of hydrogen-bond acceptors (Lipinski definition) is 4. The Kier molecular flexibility index (Phi) is 6.44. The fourth-order valence-electron chi connectivity index (χ4n) is 2.24. The predicted octanol–water partition coefficient (Wildman–Crippen LogP) is 0.885. The van der Waals surface area contributed by atoms with Crippen LogP contribution in [0, 0.1) is 0 Å². The zero-order valence-electron chi connectivity index (χ0n) is 11.1. The Hall–Kier alpha value is -0.130. The number of nitrogens with zero attached hydrogens (tertiary/aromatic N) is 1. The van der Waals surface area contributed by atoms with E-state index < -0.39 is 9.84 Å². The van der Waals surface area contributed by atoms with E-state index in [4.69, 9.17) is 0 Å². The first-order valence-electron chi connectivity index (χ1n) is 6.67. The molecule has 1 aliphatic heterocycles. The smallest absolute Gasteiger partial charge is 0.154 e. The van der Waals surface area contributed by atoms with Crippen molar-refractivity contribution < 1.29 is 8.42 Å². The highest BCUT2D eigenvalue weighted by atomic mass is 32.2. The monoisotopic (exact) mass is 262 g/mol. The van der Waals surface area contributed by atoms with Crippen LogP contribution in [-0.4, -0.2) is 57.5 Å². The predicted molar refractivity (Wildman–Crippen MR) is 72.1 cm³/mol. The van der Waals surface area contributed by atoms with Crippen molar-refractivity contribution in [1.29, 1.82) is 0 Å². The lowest BCUT2D eigenvalue weighted by atomic mass is 10.2. The standard InChI is InChI=1S/C12H26N2O2S/c1-3-7-13-8-9-14(2)11-12-6-4-5-10-17(12,15)16/h12-13H,3-11H2,1-2H3. The average molecular weight is 262 g/mol. The molecule has 0 aromatic carbocycles. The third kappa shape index (κ3) is 5.36. The number of sulfone groups is 1. The zero-order valence-corrected chi connectivity index (χ0v) is 11.9. The fraction of sp³-hybridized carbons (Fsp3) is 1.00. The van der Waals surface area contributed by atoms with Gasteiger partial charge in [0.2, 0.25) is 0 Å². The molecular formula is C12H26N2O2S.